The number of amides is 2. The van der Waals surface area contributed by atoms with Gasteiger partial charge in [-0.05, 0) is 59.1 Å². The third kappa shape index (κ3) is 6.98. The number of hydrogen-bond acceptors (Lipinski definition) is 8. The number of hydrogen-bond donors (Lipinski definition) is 2. The lowest BCUT2D eigenvalue weighted by Crippen LogP contribution is -2.56. The first kappa shape index (κ1) is 27.5. The highest BCUT2D eigenvalue weighted by Gasteiger charge is 2.41. The zero-order valence-electron chi connectivity index (χ0n) is 21.6. The molecule has 0 fully saturated rings. The van der Waals surface area contributed by atoms with E-state index in [9.17, 15) is 14.4 Å². The van der Waals surface area contributed by atoms with Gasteiger partial charge in [0, 0.05) is 4.88 Å². The number of nitrogen functional groups attached to an aromatic ring is 1. The van der Waals surface area contributed by atoms with E-state index in [0.717, 1.165) is 10.4 Å². The van der Waals surface area contributed by atoms with E-state index in [1.165, 1.54) is 16.2 Å². The molecule has 1 aliphatic heterocycles. The summed E-state index contributed by atoms with van der Waals surface area (Å²) in [5.41, 5.74) is 6.73. The van der Waals surface area contributed by atoms with Crippen LogP contribution in [0.1, 0.15) is 67.9 Å². The summed E-state index contributed by atoms with van der Waals surface area (Å²) in [6.45, 7) is 11.1. The maximum Gasteiger partial charge on any atom is 0.411 e. The summed E-state index contributed by atoms with van der Waals surface area (Å²) in [7, 11) is 0. The molecule has 0 aliphatic carbocycles. The lowest BCUT2D eigenvalue weighted by molar-refractivity contribution is -0.117. The highest BCUT2D eigenvalue weighted by Crippen LogP contribution is 2.39. The van der Waals surface area contributed by atoms with Gasteiger partial charge in [0.2, 0.25) is 6.41 Å². The van der Waals surface area contributed by atoms with E-state index < -0.39 is 35.5 Å². The lowest BCUT2D eigenvalue weighted by Gasteiger charge is -2.40. The van der Waals surface area contributed by atoms with Crippen molar-refractivity contribution < 1.29 is 28.6 Å². The number of ether oxygens (including phenoxy) is 3. The second kappa shape index (κ2) is 10.9. The summed E-state index contributed by atoms with van der Waals surface area (Å²) >= 11 is 1.24. The maximum absolute atomic E-state index is 13.2. The predicted octanol–water partition coefficient (Wildman–Crippen LogP) is 4.24. The van der Waals surface area contributed by atoms with E-state index in [-0.39, 0.29) is 19.6 Å². The molecule has 1 aliphatic rings. The zero-order chi connectivity index (χ0) is 26.7. The minimum absolute atomic E-state index is 0.151. The molecule has 2 atom stereocenters. The first-order chi connectivity index (χ1) is 16.8. The molecule has 9 nitrogen and oxygen atoms in total. The number of rotatable bonds is 7. The number of benzene rings is 1. The first-order valence-electron chi connectivity index (χ1n) is 11.8. The number of thiophene rings is 1. The number of carbonyl (C=O) groups is 3. The maximum atomic E-state index is 13.2. The summed E-state index contributed by atoms with van der Waals surface area (Å²) in [5, 5.41) is 3.02. The number of carbonyl (C=O) groups excluding carboxylic acids is 3. The molecule has 2 heterocycles. The molecule has 1 aromatic carbocycles. The number of fused-ring (bicyclic) bond motifs is 1. The van der Waals surface area contributed by atoms with Gasteiger partial charge < -0.3 is 25.3 Å². The largest absolute Gasteiger partial charge is 0.456 e. The van der Waals surface area contributed by atoms with E-state index in [1.807, 2.05) is 30.3 Å². The van der Waals surface area contributed by atoms with Crippen LogP contribution in [0.3, 0.4) is 0 Å². The number of nitrogens with zero attached hydrogens (tertiary/aromatic N) is 1. The van der Waals surface area contributed by atoms with Crippen molar-refractivity contribution >= 4 is 34.8 Å². The topological polar surface area (TPSA) is 120 Å². The van der Waals surface area contributed by atoms with Gasteiger partial charge >= 0.3 is 12.1 Å². The fourth-order valence-corrected chi connectivity index (χ4v) is 5.00. The van der Waals surface area contributed by atoms with Gasteiger partial charge in [0.25, 0.3) is 0 Å². The van der Waals surface area contributed by atoms with Crippen molar-refractivity contribution in [2.75, 3.05) is 5.73 Å². The molecule has 0 saturated carbocycles. The minimum atomic E-state index is -0.865. The van der Waals surface area contributed by atoms with Crippen LogP contribution in [0.15, 0.2) is 30.3 Å². The van der Waals surface area contributed by atoms with Crippen LogP contribution in [-0.2, 0) is 38.6 Å². The van der Waals surface area contributed by atoms with E-state index in [1.54, 1.807) is 41.5 Å². The van der Waals surface area contributed by atoms with Crippen LogP contribution in [0, 0.1) is 0 Å². The Morgan fingerprint density at radius 1 is 1.14 bits per heavy atom. The van der Waals surface area contributed by atoms with Crippen LogP contribution in [0.5, 0.6) is 0 Å². The second-order valence-electron chi connectivity index (χ2n) is 10.6. The molecule has 0 bridgehead atoms. The van der Waals surface area contributed by atoms with Gasteiger partial charge in [0.15, 0.2) is 6.23 Å². The minimum Gasteiger partial charge on any atom is -0.456 e. The van der Waals surface area contributed by atoms with E-state index in [4.69, 9.17) is 19.9 Å². The molecule has 0 saturated heterocycles. The van der Waals surface area contributed by atoms with Gasteiger partial charge in [0.05, 0.1) is 24.8 Å². The molecular formula is C26H35N3O6S. The summed E-state index contributed by atoms with van der Waals surface area (Å²) in [6.07, 6.45) is -0.659. The molecule has 36 heavy (non-hydrogen) atoms. The van der Waals surface area contributed by atoms with Crippen LogP contribution in [0.25, 0.3) is 0 Å². The standard InChI is InChI=1S/C26H35N3O6S/c1-25(2,3)34-23(31)20-17-12-18(22(28-15-30)33-14-16-10-8-7-9-11-16)29(13-19(17)36-21(20)27)24(32)35-26(4,5)6/h7-11,15,18,22H,12-14,27H2,1-6H3,(H,28,30). The Balaban J connectivity index is 1.98. The van der Waals surface area contributed by atoms with Gasteiger partial charge in [-0.2, -0.15) is 0 Å². The average molecular weight is 518 g/mol. The van der Waals surface area contributed by atoms with Crippen molar-refractivity contribution in [3.8, 4) is 0 Å². The Morgan fingerprint density at radius 2 is 1.78 bits per heavy atom. The molecule has 196 valence electrons. The van der Waals surface area contributed by atoms with Crippen molar-refractivity contribution in [1.29, 1.82) is 0 Å². The van der Waals surface area contributed by atoms with Gasteiger partial charge in [-0.15, -0.1) is 11.3 Å². The molecule has 0 spiro atoms. The van der Waals surface area contributed by atoms with Crippen molar-refractivity contribution in [2.24, 2.45) is 0 Å². The van der Waals surface area contributed by atoms with Crippen LogP contribution in [-0.4, -0.2) is 46.8 Å². The Kier molecular flexibility index (Phi) is 8.30. The molecule has 1 aromatic heterocycles. The van der Waals surface area contributed by atoms with Gasteiger partial charge in [0.1, 0.15) is 16.2 Å². The average Bonchev–Trinajstić information content (AvgIpc) is 3.09. The van der Waals surface area contributed by atoms with E-state index in [2.05, 4.69) is 5.32 Å². The molecule has 2 unspecified atom stereocenters. The molecule has 10 heteroatoms. The number of nitrogens with one attached hydrogen (secondary N) is 1. The summed E-state index contributed by atoms with van der Waals surface area (Å²) in [4.78, 5) is 40.1. The third-order valence-electron chi connectivity index (χ3n) is 5.33. The van der Waals surface area contributed by atoms with Crippen molar-refractivity contribution in [2.45, 2.75) is 84.6 Å². The normalized spacial score (nSPS) is 16.6. The SMILES string of the molecule is CC(C)(C)OC(=O)c1c(N)sc2c1CC(C(NC=O)OCc1ccccc1)N(C(=O)OC(C)(C)C)C2. The number of esters is 1. The predicted molar refractivity (Wildman–Crippen MR) is 137 cm³/mol. The van der Waals surface area contributed by atoms with E-state index >= 15 is 0 Å². The van der Waals surface area contributed by atoms with Crippen LogP contribution < -0.4 is 11.1 Å². The second-order valence-corrected chi connectivity index (χ2v) is 11.8. The Bertz CT molecular complexity index is 1090. The van der Waals surface area contributed by atoms with Gasteiger partial charge in [-0.1, -0.05) is 30.3 Å². The Morgan fingerprint density at radius 3 is 2.36 bits per heavy atom. The fraction of sp³-hybridized carbons (Fsp3) is 0.500. The van der Waals surface area contributed by atoms with Gasteiger partial charge in [-0.25, -0.2) is 9.59 Å². The lowest BCUT2D eigenvalue weighted by atomic mass is 9.95. The zero-order valence-corrected chi connectivity index (χ0v) is 22.4. The monoisotopic (exact) mass is 517 g/mol. The first-order valence-corrected chi connectivity index (χ1v) is 12.6. The van der Waals surface area contributed by atoms with Crippen molar-refractivity contribution in [1.82, 2.24) is 10.2 Å². The third-order valence-corrected chi connectivity index (χ3v) is 6.38. The molecule has 3 N–H and O–H groups in total. The van der Waals surface area contributed by atoms with Crippen molar-refractivity contribution in [3.63, 3.8) is 0 Å². The van der Waals surface area contributed by atoms with E-state index in [0.29, 0.717) is 22.5 Å². The number of anilines is 1. The highest BCUT2D eigenvalue weighted by molar-refractivity contribution is 7.16. The summed E-state index contributed by atoms with van der Waals surface area (Å²) in [6, 6.07) is 8.84. The molecule has 2 aromatic rings. The fourth-order valence-electron chi connectivity index (χ4n) is 3.91. The highest BCUT2D eigenvalue weighted by atomic mass is 32.1. The Hall–Kier alpha value is -3.11. The summed E-state index contributed by atoms with van der Waals surface area (Å²) < 4.78 is 17.3. The smallest absolute Gasteiger partial charge is 0.411 e. The summed E-state index contributed by atoms with van der Waals surface area (Å²) in [5.74, 6) is -0.521. The van der Waals surface area contributed by atoms with Crippen molar-refractivity contribution in [3.05, 3.63) is 51.9 Å². The van der Waals surface area contributed by atoms with Crippen LogP contribution in [0.2, 0.25) is 0 Å². The van der Waals surface area contributed by atoms with Gasteiger partial charge in [-0.3, -0.25) is 9.69 Å². The molecule has 3 rings (SSSR count). The number of nitrogens with two attached hydrogens (primary N) is 1. The van der Waals surface area contributed by atoms with Crippen LogP contribution in [0.4, 0.5) is 9.80 Å². The quantitative estimate of drug-likeness (QED) is 0.320. The van der Waals surface area contributed by atoms with Crippen LogP contribution >= 0.6 is 11.3 Å². The molecule has 0 radical (unpaired) electrons. The molecular weight excluding hydrogens is 482 g/mol. The Labute approximate surface area is 215 Å². The molecule has 2 amide bonds.